The third kappa shape index (κ3) is 3.29. The minimum Gasteiger partial charge on any atom is -0.356 e. The van der Waals surface area contributed by atoms with Gasteiger partial charge in [0, 0.05) is 18.5 Å². The third-order valence-electron chi connectivity index (χ3n) is 2.90. The molecule has 82 valence electrons. The van der Waals surface area contributed by atoms with Crippen molar-refractivity contribution in [3.8, 4) is 0 Å². The van der Waals surface area contributed by atoms with Gasteiger partial charge in [-0.1, -0.05) is 13.8 Å². The van der Waals surface area contributed by atoms with Crippen LogP contribution in [0, 0.1) is 11.8 Å². The summed E-state index contributed by atoms with van der Waals surface area (Å²) in [5.41, 5.74) is 5.90. The van der Waals surface area contributed by atoms with Gasteiger partial charge in [-0.15, -0.1) is 0 Å². The summed E-state index contributed by atoms with van der Waals surface area (Å²) >= 11 is 0. The van der Waals surface area contributed by atoms with Gasteiger partial charge in [-0.25, -0.2) is 0 Å². The second-order valence-electron chi connectivity index (χ2n) is 4.56. The zero-order valence-electron chi connectivity index (χ0n) is 9.25. The molecule has 3 heteroatoms. The average molecular weight is 198 g/mol. The van der Waals surface area contributed by atoms with Crippen LogP contribution in [0.15, 0.2) is 0 Å². The molecule has 0 saturated heterocycles. The molecular formula is C11H22N2O. The second kappa shape index (κ2) is 5.35. The maximum atomic E-state index is 11.7. The van der Waals surface area contributed by atoms with E-state index in [4.69, 9.17) is 5.73 Å². The molecule has 0 heterocycles. The van der Waals surface area contributed by atoms with Crippen LogP contribution >= 0.6 is 0 Å². The van der Waals surface area contributed by atoms with Crippen molar-refractivity contribution >= 4 is 5.91 Å². The highest BCUT2D eigenvalue weighted by Gasteiger charge is 2.28. The maximum Gasteiger partial charge on any atom is 0.223 e. The van der Waals surface area contributed by atoms with Gasteiger partial charge in [0.1, 0.15) is 0 Å². The summed E-state index contributed by atoms with van der Waals surface area (Å²) in [7, 11) is 0. The molecule has 0 aliphatic heterocycles. The molecule has 0 aromatic heterocycles. The first-order valence-corrected chi connectivity index (χ1v) is 5.66. The largest absolute Gasteiger partial charge is 0.356 e. The molecule has 14 heavy (non-hydrogen) atoms. The van der Waals surface area contributed by atoms with Gasteiger partial charge in [-0.2, -0.15) is 0 Å². The zero-order chi connectivity index (χ0) is 10.6. The molecule has 1 amide bonds. The van der Waals surface area contributed by atoms with Crippen molar-refractivity contribution in [2.75, 3.05) is 6.54 Å². The second-order valence-corrected chi connectivity index (χ2v) is 4.56. The quantitative estimate of drug-likeness (QED) is 0.717. The Hall–Kier alpha value is -0.570. The topological polar surface area (TPSA) is 55.1 Å². The third-order valence-corrected chi connectivity index (χ3v) is 2.90. The lowest BCUT2D eigenvalue weighted by Gasteiger charge is -2.30. The van der Waals surface area contributed by atoms with Gasteiger partial charge in [0.2, 0.25) is 5.91 Å². The van der Waals surface area contributed by atoms with Gasteiger partial charge in [0.25, 0.3) is 0 Å². The predicted octanol–water partition coefficient (Wildman–Crippen LogP) is 1.28. The van der Waals surface area contributed by atoms with E-state index in [0.29, 0.717) is 5.92 Å². The van der Waals surface area contributed by atoms with Crippen LogP contribution in [0.3, 0.4) is 0 Å². The molecule has 3 N–H and O–H groups in total. The number of carbonyl (C=O) groups excluding carboxylic acids is 1. The molecule has 1 fully saturated rings. The van der Waals surface area contributed by atoms with E-state index in [1.807, 2.05) is 0 Å². The van der Waals surface area contributed by atoms with E-state index in [0.717, 1.165) is 32.2 Å². The lowest BCUT2D eigenvalue weighted by molar-refractivity contribution is -0.126. The average Bonchev–Trinajstić information content (AvgIpc) is 2.12. The molecular weight excluding hydrogens is 176 g/mol. The lowest BCUT2D eigenvalue weighted by atomic mass is 9.79. The number of carbonyl (C=O) groups is 1. The minimum atomic E-state index is 0.153. The number of nitrogens with two attached hydrogens (primary N) is 1. The van der Waals surface area contributed by atoms with E-state index >= 15 is 0 Å². The molecule has 3 atom stereocenters. The maximum absolute atomic E-state index is 11.7. The summed E-state index contributed by atoms with van der Waals surface area (Å²) in [4.78, 5) is 11.7. The summed E-state index contributed by atoms with van der Waals surface area (Å²) < 4.78 is 0. The summed E-state index contributed by atoms with van der Waals surface area (Å²) in [6.07, 6.45) is 3.93. The number of hydrogen-bond acceptors (Lipinski definition) is 2. The van der Waals surface area contributed by atoms with Gasteiger partial charge in [-0.05, 0) is 31.6 Å². The molecule has 1 aliphatic carbocycles. The van der Waals surface area contributed by atoms with Crippen molar-refractivity contribution in [2.45, 2.75) is 45.6 Å². The summed E-state index contributed by atoms with van der Waals surface area (Å²) in [6.45, 7) is 5.04. The van der Waals surface area contributed by atoms with Crippen molar-refractivity contribution in [1.82, 2.24) is 5.32 Å². The molecule has 0 bridgehead atoms. The van der Waals surface area contributed by atoms with Crippen LogP contribution in [0.1, 0.15) is 39.5 Å². The van der Waals surface area contributed by atoms with Crippen LogP contribution in [-0.2, 0) is 4.79 Å². The van der Waals surface area contributed by atoms with Gasteiger partial charge in [0.05, 0.1) is 0 Å². The van der Waals surface area contributed by atoms with Gasteiger partial charge < -0.3 is 11.1 Å². The van der Waals surface area contributed by atoms with Crippen molar-refractivity contribution < 1.29 is 4.79 Å². The van der Waals surface area contributed by atoms with Gasteiger partial charge in [0.15, 0.2) is 0 Å². The Morgan fingerprint density at radius 1 is 1.43 bits per heavy atom. The standard InChI is InChI=1S/C11H22N2O/c1-3-4-13-11(14)9-5-8(2)6-10(12)7-9/h8-10H,3-7,12H2,1-2H3,(H,13,14). The monoisotopic (exact) mass is 198 g/mol. The Morgan fingerprint density at radius 2 is 2.14 bits per heavy atom. The smallest absolute Gasteiger partial charge is 0.223 e. The van der Waals surface area contributed by atoms with Gasteiger partial charge >= 0.3 is 0 Å². The Labute approximate surface area is 86.4 Å². The van der Waals surface area contributed by atoms with Crippen molar-refractivity contribution in [2.24, 2.45) is 17.6 Å². The zero-order valence-corrected chi connectivity index (χ0v) is 9.25. The van der Waals surface area contributed by atoms with E-state index in [-0.39, 0.29) is 17.9 Å². The molecule has 0 radical (unpaired) electrons. The first-order chi connectivity index (χ1) is 6.63. The molecule has 0 aromatic carbocycles. The van der Waals surface area contributed by atoms with E-state index in [1.54, 1.807) is 0 Å². The molecule has 1 saturated carbocycles. The lowest BCUT2D eigenvalue weighted by Crippen LogP contribution is -2.40. The summed E-state index contributed by atoms with van der Waals surface area (Å²) in [6, 6.07) is 0.219. The van der Waals surface area contributed by atoms with Crippen molar-refractivity contribution in [3.05, 3.63) is 0 Å². The van der Waals surface area contributed by atoms with E-state index in [1.165, 1.54) is 0 Å². The summed E-state index contributed by atoms with van der Waals surface area (Å²) in [5.74, 6) is 0.949. The number of hydrogen-bond donors (Lipinski definition) is 2. The van der Waals surface area contributed by atoms with Crippen LogP contribution in [0.2, 0.25) is 0 Å². The Balaban J connectivity index is 2.38. The molecule has 3 nitrogen and oxygen atoms in total. The van der Waals surface area contributed by atoms with Crippen LogP contribution in [0.5, 0.6) is 0 Å². The van der Waals surface area contributed by atoms with Crippen LogP contribution < -0.4 is 11.1 Å². The van der Waals surface area contributed by atoms with E-state index in [2.05, 4.69) is 19.2 Å². The first kappa shape index (κ1) is 11.5. The molecule has 0 spiro atoms. The fraction of sp³-hybridized carbons (Fsp3) is 0.909. The Kier molecular flexibility index (Phi) is 4.39. The SMILES string of the molecule is CCCNC(=O)C1CC(C)CC(N)C1. The Morgan fingerprint density at radius 3 is 2.71 bits per heavy atom. The molecule has 1 rings (SSSR count). The predicted molar refractivity (Wildman–Crippen MR) is 57.8 cm³/mol. The first-order valence-electron chi connectivity index (χ1n) is 5.66. The van der Waals surface area contributed by atoms with Crippen LogP contribution in [0.4, 0.5) is 0 Å². The number of rotatable bonds is 3. The van der Waals surface area contributed by atoms with E-state index < -0.39 is 0 Å². The van der Waals surface area contributed by atoms with Crippen LogP contribution in [0.25, 0.3) is 0 Å². The normalized spacial score (nSPS) is 32.6. The van der Waals surface area contributed by atoms with Crippen molar-refractivity contribution in [1.29, 1.82) is 0 Å². The highest BCUT2D eigenvalue weighted by atomic mass is 16.1. The summed E-state index contributed by atoms with van der Waals surface area (Å²) in [5, 5.41) is 2.95. The fourth-order valence-corrected chi connectivity index (χ4v) is 2.26. The number of nitrogens with one attached hydrogen (secondary N) is 1. The van der Waals surface area contributed by atoms with Gasteiger partial charge in [-0.3, -0.25) is 4.79 Å². The van der Waals surface area contributed by atoms with E-state index in [9.17, 15) is 4.79 Å². The molecule has 1 aliphatic rings. The minimum absolute atomic E-state index is 0.153. The molecule has 0 aromatic rings. The highest BCUT2D eigenvalue weighted by Crippen LogP contribution is 2.27. The number of amides is 1. The fourth-order valence-electron chi connectivity index (χ4n) is 2.26. The molecule has 3 unspecified atom stereocenters. The highest BCUT2D eigenvalue weighted by molar-refractivity contribution is 5.78. The van der Waals surface area contributed by atoms with Crippen molar-refractivity contribution in [3.63, 3.8) is 0 Å². The Bertz CT molecular complexity index is 184. The van der Waals surface area contributed by atoms with Crippen LogP contribution in [-0.4, -0.2) is 18.5 Å².